The molecule has 0 heterocycles. The predicted octanol–water partition coefficient (Wildman–Crippen LogP) is 3.38. The number of hydrogen-bond donors (Lipinski definition) is 3. The van der Waals surface area contributed by atoms with Crippen molar-refractivity contribution < 1.29 is 14.6 Å². The molecule has 0 spiro atoms. The Kier molecular flexibility index (Phi) is 10.0. The predicted molar refractivity (Wildman–Crippen MR) is 110 cm³/mol. The van der Waals surface area contributed by atoms with E-state index in [4.69, 9.17) is 26.2 Å². The van der Waals surface area contributed by atoms with Crippen LogP contribution in [0, 0.1) is 0 Å². The van der Waals surface area contributed by atoms with Crippen LogP contribution in [0.2, 0.25) is 5.02 Å². The molecule has 0 aliphatic heterocycles. The number of aliphatic hydroxyl groups excluding tert-OH is 1. The smallest absolute Gasteiger partial charge is 0.166 e. The molecule has 6 heteroatoms. The lowest BCUT2D eigenvalue weighted by molar-refractivity contribution is 0.266. The van der Waals surface area contributed by atoms with Gasteiger partial charge >= 0.3 is 0 Å². The maximum absolute atomic E-state index is 8.76. The molecule has 0 aliphatic carbocycles. The monoisotopic (exact) mass is 392 g/mol. The summed E-state index contributed by atoms with van der Waals surface area (Å²) >= 11 is 6.24. The van der Waals surface area contributed by atoms with Crippen molar-refractivity contribution in [1.82, 2.24) is 10.6 Å². The van der Waals surface area contributed by atoms with Gasteiger partial charge in [-0.25, -0.2) is 0 Å². The first-order valence-electron chi connectivity index (χ1n) is 9.39. The second-order valence-electron chi connectivity index (χ2n) is 6.06. The minimum absolute atomic E-state index is 0.170. The van der Waals surface area contributed by atoms with Gasteiger partial charge in [-0.15, -0.1) is 0 Å². The number of rotatable bonds is 13. The molecule has 0 fully saturated rings. The van der Waals surface area contributed by atoms with E-state index in [0.717, 1.165) is 42.1 Å². The molecule has 0 aromatic heterocycles. The van der Waals surface area contributed by atoms with Crippen LogP contribution in [0.15, 0.2) is 42.5 Å². The SMILES string of the molecule is CCOc1cccc(CNCCCNCCO)c1OCc1ccccc1Cl. The Balaban J connectivity index is 1.97. The first kappa shape index (κ1) is 21.5. The van der Waals surface area contributed by atoms with Crippen LogP contribution in [-0.2, 0) is 13.2 Å². The van der Waals surface area contributed by atoms with Gasteiger partial charge in [-0.05, 0) is 38.6 Å². The largest absolute Gasteiger partial charge is 0.490 e. The van der Waals surface area contributed by atoms with Crippen molar-refractivity contribution in [3.63, 3.8) is 0 Å². The zero-order chi connectivity index (χ0) is 19.3. The Hall–Kier alpha value is -1.79. The summed E-state index contributed by atoms with van der Waals surface area (Å²) in [6.45, 7) is 6.18. The first-order valence-corrected chi connectivity index (χ1v) is 9.77. The first-order chi connectivity index (χ1) is 13.3. The standard InChI is InChI=1S/C21H29ClN2O3/c1-2-26-20-10-5-8-17(15-24-12-6-11-23-13-14-25)21(20)27-16-18-7-3-4-9-19(18)22/h3-5,7-10,23-25H,2,6,11-16H2,1H3. The van der Waals surface area contributed by atoms with Gasteiger partial charge in [-0.1, -0.05) is 41.9 Å². The van der Waals surface area contributed by atoms with E-state index in [0.29, 0.717) is 31.3 Å². The number of ether oxygens (including phenoxy) is 2. The van der Waals surface area contributed by atoms with Crippen LogP contribution in [-0.4, -0.2) is 38.0 Å². The number of benzene rings is 2. The third-order valence-electron chi connectivity index (χ3n) is 4.00. The molecule has 0 bridgehead atoms. The van der Waals surface area contributed by atoms with Gasteiger partial charge in [0.1, 0.15) is 6.61 Å². The minimum atomic E-state index is 0.170. The fourth-order valence-corrected chi connectivity index (χ4v) is 2.85. The van der Waals surface area contributed by atoms with E-state index in [1.807, 2.05) is 49.4 Å². The number of nitrogens with one attached hydrogen (secondary N) is 2. The summed E-state index contributed by atoms with van der Waals surface area (Å²) in [5.74, 6) is 1.50. The van der Waals surface area contributed by atoms with Crippen molar-refractivity contribution >= 4 is 11.6 Å². The molecular formula is C21H29ClN2O3. The van der Waals surface area contributed by atoms with Crippen LogP contribution in [0.5, 0.6) is 11.5 Å². The van der Waals surface area contributed by atoms with Crippen LogP contribution in [0.3, 0.4) is 0 Å². The topological polar surface area (TPSA) is 62.8 Å². The van der Waals surface area contributed by atoms with Crippen molar-refractivity contribution in [2.45, 2.75) is 26.5 Å². The van der Waals surface area contributed by atoms with Gasteiger partial charge in [-0.2, -0.15) is 0 Å². The highest BCUT2D eigenvalue weighted by atomic mass is 35.5. The zero-order valence-corrected chi connectivity index (χ0v) is 16.6. The van der Waals surface area contributed by atoms with Crippen LogP contribution in [0.4, 0.5) is 0 Å². The number of halogens is 1. The average Bonchev–Trinajstić information content (AvgIpc) is 2.68. The Morgan fingerprint density at radius 2 is 1.70 bits per heavy atom. The number of para-hydroxylation sites is 1. The molecule has 2 aromatic rings. The third kappa shape index (κ3) is 7.39. The molecule has 0 aliphatic rings. The van der Waals surface area contributed by atoms with Gasteiger partial charge in [0, 0.05) is 29.2 Å². The minimum Gasteiger partial charge on any atom is -0.490 e. The van der Waals surface area contributed by atoms with E-state index < -0.39 is 0 Å². The van der Waals surface area contributed by atoms with E-state index in [1.54, 1.807) is 0 Å². The van der Waals surface area contributed by atoms with Gasteiger partial charge in [0.2, 0.25) is 0 Å². The summed E-state index contributed by atoms with van der Waals surface area (Å²) < 4.78 is 11.9. The molecule has 0 unspecified atom stereocenters. The fourth-order valence-electron chi connectivity index (χ4n) is 2.66. The summed E-state index contributed by atoms with van der Waals surface area (Å²) in [5, 5.41) is 16.1. The molecule has 0 atom stereocenters. The van der Waals surface area contributed by atoms with E-state index in [-0.39, 0.29) is 6.61 Å². The Bertz CT molecular complexity index is 682. The maximum atomic E-state index is 8.76. The molecule has 27 heavy (non-hydrogen) atoms. The molecule has 0 saturated carbocycles. The van der Waals surface area contributed by atoms with Crippen LogP contribution in [0.25, 0.3) is 0 Å². The van der Waals surface area contributed by atoms with Gasteiger partial charge in [-0.3, -0.25) is 0 Å². The Morgan fingerprint density at radius 1 is 0.926 bits per heavy atom. The maximum Gasteiger partial charge on any atom is 0.166 e. The van der Waals surface area contributed by atoms with Crippen LogP contribution < -0.4 is 20.1 Å². The van der Waals surface area contributed by atoms with Gasteiger partial charge in [0.25, 0.3) is 0 Å². The molecule has 3 N–H and O–H groups in total. The van der Waals surface area contributed by atoms with Crippen molar-refractivity contribution in [3.8, 4) is 11.5 Å². The van der Waals surface area contributed by atoms with Gasteiger partial charge < -0.3 is 25.2 Å². The van der Waals surface area contributed by atoms with Crippen LogP contribution >= 0.6 is 11.6 Å². The molecule has 2 aromatic carbocycles. The Labute approximate surface area is 166 Å². The number of aliphatic hydroxyl groups is 1. The summed E-state index contributed by atoms with van der Waals surface area (Å²) in [6.07, 6.45) is 0.987. The van der Waals surface area contributed by atoms with Gasteiger partial charge in [0.15, 0.2) is 11.5 Å². The van der Waals surface area contributed by atoms with Crippen molar-refractivity contribution in [2.75, 3.05) is 32.8 Å². The highest BCUT2D eigenvalue weighted by Gasteiger charge is 2.12. The van der Waals surface area contributed by atoms with Crippen molar-refractivity contribution in [1.29, 1.82) is 0 Å². The second-order valence-corrected chi connectivity index (χ2v) is 6.47. The van der Waals surface area contributed by atoms with Crippen LogP contribution in [0.1, 0.15) is 24.5 Å². The molecular weight excluding hydrogens is 364 g/mol. The summed E-state index contributed by atoms with van der Waals surface area (Å²) in [5.41, 5.74) is 2.00. The third-order valence-corrected chi connectivity index (χ3v) is 4.37. The molecule has 0 radical (unpaired) electrons. The summed E-state index contributed by atoms with van der Waals surface area (Å²) in [4.78, 5) is 0. The molecule has 5 nitrogen and oxygen atoms in total. The average molecular weight is 393 g/mol. The van der Waals surface area contributed by atoms with E-state index >= 15 is 0 Å². The second kappa shape index (κ2) is 12.6. The normalized spacial score (nSPS) is 10.8. The van der Waals surface area contributed by atoms with Gasteiger partial charge in [0.05, 0.1) is 13.2 Å². The molecule has 2 rings (SSSR count). The summed E-state index contributed by atoms with van der Waals surface area (Å²) in [6, 6.07) is 13.6. The highest BCUT2D eigenvalue weighted by Crippen LogP contribution is 2.32. The molecule has 148 valence electrons. The van der Waals surface area contributed by atoms with Crippen molar-refractivity contribution in [2.24, 2.45) is 0 Å². The molecule has 0 saturated heterocycles. The van der Waals surface area contributed by atoms with E-state index in [1.165, 1.54) is 0 Å². The van der Waals surface area contributed by atoms with E-state index in [9.17, 15) is 0 Å². The lowest BCUT2D eigenvalue weighted by atomic mass is 10.1. The van der Waals surface area contributed by atoms with E-state index in [2.05, 4.69) is 10.6 Å². The molecule has 0 amide bonds. The number of hydrogen-bond acceptors (Lipinski definition) is 5. The fraction of sp³-hybridized carbons (Fsp3) is 0.429. The summed E-state index contributed by atoms with van der Waals surface area (Å²) in [7, 11) is 0. The Morgan fingerprint density at radius 3 is 2.48 bits per heavy atom. The highest BCUT2D eigenvalue weighted by molar-refractivity contribution is 6.31. The van der Waals surface area contributed by atoms with Crippen molar-refractivity contribution in [3.05, 3.63) is 58.6 Å². The lowest BCUT2D eigenvalue weighted by Gasteiger charge is -2.17. The quantitative estimate of drug-likeness (QED) is 0.456. The lowest BCUT2D eigenvalue weighted by Crippen LogP contribution is -2.24. The zero-order valence-electron chi connectivity index (χ0n) is 15.8.